The lowest BCUT2D eigenvalue weighted by Gasteiger charge is -2.30. The Labute approximate surface area is 97.4 Å². The van der Waals surface area contributed by atoms with E-state index in [9.17, 15) is 9.59 Å². The lowest BCUT2D eigenvalue weighted by molar-refractivity contribution is -0.127. The van der Waals surface area contributed by atoms with Crippen LogP contribution >= 0.6 is 0 Å². The molecule has 1 saturated heterocycles. The van der Waals surface area contributed by atoms with Gasteiger partial charge in [0.05, 0.1) is 6.42 Å². The summed E-state index contributed by atoms with van der Waals surface area (Å²) in [5, 5.41) is 2.84. The molecule has 0 saturated carbocycles. The standard InChI is InChI=1S/C12H22N2O2/c1-3-14-6-4-11(5-7-14)9-13-12(16)8-10(2)15/h11H,3-9H2,1-2H3,(H,13,16). The summed E-state index contributed by atoms with van der Waals surface area (Å²) in [5.74, 6) is 0.377. The number of hydrogen-bond acceptors (Lipinski definition) is 3. The smallest absolute Gasteiger partial charge is 0.227 e. The van der Waals surface area contributed by atoms with E-state index in [1.165, 1.54) is 6.92 Å². The maximum atomic E-state index is 11.3. The maximum Gasteiger partial charge on any atom is 0.227 e. The third-order valence-electron chi connectivity index (χ3n) is 3.15. The number of rotatable bonds is 5. The fourth-order valence-corrected chi connectivity index (χ4v) is 2.05. The summed E-state index contributed by atoms with van der Waals surface area (Å²) < 4.78 is 0. The first kappa shape index (κ1) is 13.2. The van der Waals surface area contributed by atoms with Crippen LogP contribution in [0.2, 0.25) is 0 Å². The molecule has 4 heteroatoms. The van der Waals surface area contributed by atoms with Gasteiger partial charge in [-0.3, -0.25) is 9.59 Å². The van der Waals surface area contributed by atoms with Crippen LogP contribution in [0.4, 0.5) is 0 Å². The average Bonchev–Trinajstić information content (AvgIpc) is 2.26. The molecular formula is C12H22N2O2. The van der Waals surface area contributed by atoms with Crippen molar-refractivity contribution in [2.75, 3.05) is 26.2 Å². The van der Waals surface area contributed by atoms with Gasteiger partial charge in [0.2, 0.25) is 5.91 Å². The first-order valence-corrected chi connectivity index (χ1v) is 6.10. The minimum Gasteiger partial charge on any atom is -0.355 e. The van der Waals surface area contributed by atoms with Crippen molar-refractivity contribution in [2.24, 2.45) is 5.92 Å². The molecule has 1 N–H and O–H groups in total. The lowest BCUT2D eigenvalue weighted by Crippen LogP contribution is -2.38. The van der Waals surface area contributed by atoms with E-state index in [4.69, 9.17) is 0 Å². The number of piperidine rings is 1. The Kier molecular flexibility index (Phi) is 5.46. The van der Waals surface area contributed by atoms with Crippen molar-refractivity contribution in [3.05, 3.63) is 0 Å². The van der Waals surface area contributed by atoms with Crippen LogP contribution in [0.25, 0.3) is 0 Å². The molecule has 0 unspecified atom stereocenters. The molecule has 1 aliphatic rings. The lowest BCUT2D eigenvalue weighted by atomic mass is 9.97. The molecule has 92 valence electrons. The molecule has 0 aromatic rings. The molecule has 0 radical (unpaired) electrons. The molecule has 1 rings (SSSR count). The van der Waals surface area contributed by atoms with Crippen LogP contribution in [-0.4, -0.2) is 42.8 Å². The van der Waals surface area contributed by atoms with Gasteiger partial charge in [-0.05, 0) is 45.3 Å². The Morgan fingerprint density at radius 3 is 2.44 bits per heavy atom. The highest BCUT2D eigenvalue weighted by molar-refractivity contribution is 5.96. The summed E-state index contributed by atoms with van der Waals surface area (Å²) in [7, 11) is 0. The first-order valence-electron chi connectivity index (χ1n) is 6.10. The minimum absolute atomic E-state index is 0.0216. The van der Waals surface area contributed by atoms with Crippen LogP contribution in [0.5, 0.6) is 0 Å². The summed E-state index contributed by atoms with van der Waals surface area (Å²) in [6.45, 7) is 7.72. The van der Waals surface area contributed by atoms with Gasteiger partial charge in [-0.15, -0.1) is 0 Å². The quantitative estimate of drug-likeness (QED) is 0.706. The van der Waals surface area contributed by atoms with Gasteiger partial charge in [0.25, 0.3) is 0 Å². The van der Waals surface area contributed by atoms with E-state index in [-0.39, 0.29) is 18.1 Å². The molecule has 1 fully saturated rings. The van der Waals surface area contributed by atoms with E-state index in [0.29, 0.717) is 5.92 Å². The van der Waals surface area contributed by atoms with Crippen LogP contribution in [0.3, 0.4) is 0 Å². The number of carbonyl (C=O) groups is 2. The molecule has 1 amide bonds. The molecule has 1 heterocycles. The second kappa shape index (κ2) is 6.63. The highest BCUT2D eigenvalue weighted by atomic mass is 16.2. The van der Waals surface area contributed by atoms with Gasteiger partial charge in [-0.25, -0.2) is 0 Å². The number of ketones is 1. The number of Topliss-reactive ketones (excluding diaryl/α,β-unsaturated/α-hetero) is 1. The highest BCUT2D eigenvalue weighted by Gasteiger charge is 2.18. The number of hydrogen-bond donors (Lipinski definition) is 1. The van der Waals surface area contributed by atoms with Crippen LogP contribution in [-0.2, 0) is 9.59 Å². The predicted molar refractivity (Wildman–Crippen MR) is 63.1 cm³/mol. The SMILES string of the molecule is CCN1CCC(CNC(=O)CC(C)=O)CC1. The molecule has 0 bridgehead atoms. The fraction of sp³-hybridized carbons (Fsp3) is 0.833. The number of likely N-dealkylation sites (tertiary alicyclic amines) is 1. The fourth-order valence-electron chi connectivity index (χ4n) is 2.05. The van der Waals surface area contributed by atoms with Crippen molar-refractivity contribution >= 4 is 11.7 Å². The molecule has 0 aromatic carbocycles. The van der Waals surface area contributed by atoms with Gasteiger partial charge >= 0.3 is 0 Å². The monoisotopic (exact) mass is 226 g/mol. The third-order valence-corrected chi connectivity index (χ3v) is 3.15. The Morgan fingerprint density at radius 2 is 1.94 bits per heavy atom. The molecule has 0 atom stereocenters. The second-order valence-electron chi connectivity index (χ2n) is 4.56. The van der Waals surface area contributed by atoms with Gasteiger partial charge in [0.15, 0.2) is 0 Å². The van der Waals surface area contributed by atoms with Crippen molar-refractivity contribution in [1.82, 2.24) is 10.2 Å². The normalized spacial score (nSPS) is 18.4. The number of carbonyl (C=O) groups excluding carboxylic acids is 2. The summed E-state index contributed by atoms with van der Waals surface area (Å²) in [6.07, 6.45) is 2.32. The Bertz CT molecular complexity index is 245. The van der Waals surface area contributed by atoms with Gasteiger partial charge in [0.1, 0.15) is 5.78 Å². The van der Waals surface area contributed by atoms with Crippen LogP contribution in [0.15, 0.2) is 0 Å². The molecular weight excluding hydrogens is 204 g/mol. The zero-order valence-corrected chi connectivity index (χ0v) is 10.3. The van der Waals surface area contributed by atoms with E-state index in [1.54, 1.807) is 0 Å². The Balaban J connectivity index is 2.14. The van der Waals surface area contributed by atoms with E-state index in [0.717, 1.165) is 39.0 Å². The molecule has 16 heavy (non-hydrogen) atoms. The first-order chi connectivity index (χ1) is 7.61. The van der Waals surface area contributed by atoms with Crippen molar-refractivity contribution in [3.8, 4) is 0 Å². The average molecular weight is 226 g/mol. The van der Waals surface area contributed by atoms with Gasteiger partial charge < -0.3 is 10.2 Å². The van der Waals surface area contributed by atoms with Gasteiger partial charge in [-0.1, -0.05) is 6.92 Å². The zero-order chi connectivity index (χ0) is 12.0. The number of nitrogens with one attached hydrogen (secondary N) is 1. The summed E-state index contributed by atoms with van der Waals surface area (Å²) >= 11 is 0. The maximum absolute atomic E-state index is 11.3. The van der Waals surface area contributed by atoms with Gasteiger partial charge in [-0.2, -0.15) is 0 Å². The summed E-state index contributed by atoms with van der Waals surface area (Å²) in [4.78, 5) is 24.4. The Hall–Kier alpha value is -0.900. The van der Waals surface area contributed by atoms with Crippen LogP contribution < -0.4 is 5.32 Å². The molecule has 0 aliphatic carbocycles. The number of nitrogens with zero attached hydrogens (tertiary/aromatic N) is 1. The Morgan fingerprint density at radius 1 is 1.31 bits per heavy atom. The van der Waals surface area contributed by atoms with Gasteiger partial charge in [0, 0.05) is 6.54 Å². The highest BCUT2D eigenvalue weighted by Crippen LogP contribution is 2.15. The molecule has 1 aliphatic heterocycles. The van der Waals surface area contributed by atoms with Crippen molar-refractivity contribution in [2.45, 2.75) is 33.1 Å². The predicted octanol–water partition coefficient (Wildman–Crippen LogP) is 0.814. The van der Waals surface area contributed by atoms with Crippen molar-refractivity contribution < 1.29 is 9.59 Å². The number of amides is 1. The topological polar surface area (TPSA) is 49.4 Å². The van der Waals surface area contributed by atoms with E-state index in [2.05, 4.69) is 17.1 Å². The van der Waals surface area contributed by atoms with E-state index < -0.39 is 0 Å². The second-order valence-corrected chi connectivity index (χ2v) is 4.56. The summed E-state index contributed by atoms with van der Waals surface area (Å²) in [6, 6.07) is 0. The van der Waals surface area contributed by atoms with Crippen LogP contribution in [0, 0.1) is 5.92 Å². The van der Waals surface area contributed by atoms with Crippen molar-refractivity contribution in [1.29, 1.82) is 0 Å². The largest absolute Gasteiger partial charge is 0.355 e. The zero-order valence-electron chi connectivity index (χ0n) is 10.3. The summed E-state index contributed by atoms with van der Waals surface area (Å²) in [5.41, 5.74) is 0. The van der Waals surface area contributed by atoms with E-state index >= 15 is 0 Å². The minimum atomic E-state index is -0.134. The third kappa shape index (κ3) is 4.75. The molecule has 4 nitrogen and oxygen atoms in total. The molecule has 0 aromatic heterocycles. The van der Waals surface area contributed by atoms with E-state index in [1.807, 2.05) is 0 Å². The molecule has 0 spiro atoms. The van der Waals surface area contributed by atoms with Crippen LogP contribution in [0.1, 0.15) is 33.1 Å². The van der Waals surface area contributed by atoms with Crippen molar-refractivity contribution in [3.63, 3.8) is 0 Å².